The summed E-state index contributed by atoms with van der Waals surface area (Å²) in [4.78, 5) is 33.1. The average Bonchev–Trinajstić information content (AvgIpc) is 3.76. The van der Waals surface area contributed by atoms with Crippen LogP contribution in [0.1, 0.15) is 40.4 Å². The second kappa shape index (κ2) is 14.1. The Hall–Kier alpha value is -3.75. The Balaban J connectivity index is 1.53. The number of pyridine rings is 2. The highest BCUT2D eigenvalue weighted by Crippen LogP contribution is 2.37. The molecule has 0 saturated heterocycles. The van der Waals surface area contributed by atoms with Crippen LogP contribution < -0.4 is 14.2 Å². The maximum atomic E-state index is 13.0. The first-order valence-electron chi connectivity index (χ1n) is 12.7. The molecule has 1 aliphatic rings. The zero-order chi connectivity index (χ0) is 31.1. The van der Waals surface area contributed by atoms with Gasteiger partial charge in [0.25, 0.3) is 0 Å². The second-order valence-corrected chi connectivity index (χ2v) is 12.0. The normalized spacial score (nSPS) is 13.7. The largest absolute Gasteiger partial charge is 0.489 e. The van der Waals surface area contributed by atoms with E-state index in [2.05, 4.69) is 19.4 Å². The fourth-order valence-electron chi connectivity index (χ4n) is 3.77. The molecule has 1 fully saturated rings. The van der Waals surface area contributed by atoms with Gasteiger partial charge in [-0.15, -0.1) is 0 Å². The molecule has 11 nitrogen and oxygen atoms in total. The van der Waals surface area contributed by atoms with Gasteiger partial charge in [-0.3, -0.25) is 9.71 Å². The number of alkyl halides is 2. The van der Waals surface area contributed by atoms with E-state index in [1.54, 1.807) is 0 Å². The Bertz CT molecular complexity index is 1570. The van der Waals surface area contributed by atoms with Crippen LogP contribution in [-0.2, 0) is 30.7 Å². The van der Waals surface area contributed by atoms with E-state index in [-0.39, 0.29) is 39.3 Å². The van der Waals surface area contributed by atoms with E-state index in [1.807, 2.05) is 0 Å². The number of ether oxygens (including phenoxy) is 4. The van der Waals surface area contributed by atoms with Crippen molar-refractivity contribution in [3.05, 3.63) is 75.7 Å². The first-order chi connectivity index (χ1) is 20.4. The molecule has 3 aromatic rings. The second-order valence-electron chi connectivity index (χ2n) is 9.48. The lowest BCUT2D eigenvalue weighted by Gasteiger charge is -2.21. The van der Waals surface area contributed by atoms with Gasteiger partial charge in [-0.2, -0.15) is 8.78 Å². The van der Waals surface area contributed by atoms with Gasteiger partial charge < -0.3 is 18.9 Å². The first-order valence-corrected chi connectivity index (χ1v) is 15.3. The molecule has 1 atom stereocenters. The Morgan fingerprint density at radius 2 is 1.81 bits per heavy atom. The first kappa shape index (κ1) is 32.2. The predicted molar refractivity (Wildman–Crippen MR) is 151 cm³/mol. The lowest BCUT2D eigenvalue weighted by atomic mass is 10.0. The van der Waals surface area contributed by atoms with Gasteiger partial charge >= 0.3 is 18.6 Å². The van der Waals surface area contributed by atoms with Crippen molar-refractivity contribution in [1.29, 1.82) is 0 Å². The van der Waals surface area contributed by atoms with Crippen molar-refractivity contribution >= 4 is 51.0 Å². The van der Waals surface area contributed by atoms with E-state index in [0.717, 1.165) is 25.2 Å². The fourth-order valence-corrected chi connectivity index (χ4v) is 4.78. The van der Waals surface area contributed by atoms with Crippen LogP contribution in [-0.4, -0.2) is 56.4 Å². The number of carbonyl (C=O) groups is 2. The summed E-state index contributed by atoms with van der Waals surface area (Å²) in [5, 5.41) is 0.387. The molecule has 16 heteroatoms. The smallest absolute Gasteiger partial charge is 0.387 e. The lowest BCUT2D eigenvalue weighted by Crippen LogP contribution is -2.21. The van der Waals surface area contributed by atoms with Crippen LogP contribution in [0, 0.1) is 5.92 Å². The van der Waals surface area contributed by atoms with Crippen LogP contribution in [0.15, 0.2) is 48.9 Å². The topological polar surface area (TPSA) is 143 Å². The van der Waals surface area contributed by atoms with Crippen molar-refractivity contribution in [2.24, 2.45) is 5.92 Å². The number of nitrogens with one attached hydrogen (secondary N) is 1. The van der Waals surface area contributed by atoms with E-state index in [9.17, 15) is 26.8 Å². The van der Waals surface area contributed by atoms with Gasteiger partial charge in [-0.25, -0.2) is 23.0 Å². The molecule has 1 aromatic carbocycles. The van der Waals surface area contributed by atoms with Crippen LogP contribution in [0.3, 0.4) is 0 Å². The number of sulfonamides is 1. The van der Waals surface area contributed by atoms with Crippen LogP contribution in [0.4, 0.5) is 14.6 Å². The van der Waals surface area contributed by atoms with Gasteiger partial charge in [0.2, 0.25) is 10.0 Å². The third-order valence-corrected chi connectivity index (χ3v) is 7.18. The number of rotatable bonds is 14. The SMILES string of the molecule is CS(=O)(=O)Nc1cc(C(=O)OCC(=O)OC(Cc2c(Cl)cncc2Cl)c2ccc(OC(F)F)c(OCC3CC3)c2)ccn1. The van der Waals surface area contributed by atoms with Crippen molar-refractivity contribution in [3.63, 3.8) is 0 Å². The number of hydrogen-bond acceptors (Lipinski definition) is 10. The minimum atomic E-state index is -3.65. The van der Waals surface area contributed by atoms with E-state index in [4.69, 9.17) is 37.4 Å². The molecule has 1 aliphatic carbocycles. The number of benzene rings is 1. The van der Waals surface area contributed by atoms with Gasteiger partial charge in [-0.05, 0) is 54.2 Å². The highest BCUT2D eigenvalue weighted by Gasteiger charge is 2.26. The third kappa shape index (κ3) is 9.90. The number of esters is 2. The molecule has 0 amide bonds. The molecular formula is C27H25Cl2F2N3O8S. The molecule has 2 aromatic heterocycles. The maximum absolute atomic E-state index is 13.0. The summed E-state index contributed by atoms with van der Waals surface area (Å²) in [5.74, 6) is -1.89. The maximum Gasteiger partial charge on any atom is 0.387 e. The number of nitrogens with zero attached hydrogens (tertiary/aromatic N) is 2. The zero-order valence-electron chi connectivity index (χ0n) is 22.5. The van der Waals surface area contributed by atoms with Gasteiger partial charge in [-0.1, -0.05) is 29.3 Å². The van der Waals surface area contributed by atoms with E-state index in [1.165, 1.54) is 42.9 Å². The Morgan fingerprint density at radius 1 is 1.09 bits per heavy atom. The van der Waals surface area contributed by atoms with Crippen LogP contribution in [0.5, 0.6) is 11.5 Å². The number of aromatic nitrogens is 2. The van der Waals surface area contributed by atoms with Crippen molar-refractivity contribution in [2.75, 3.05) is 24.2 Å². The highest BCUT2D eigenvalue weighted by molar-refractivity contribution is 7.92. The minimum Gasteiger partial charge on any atom is -0.489 e. The molecule has 1 N–H and O–H groups in total. The Kier molecular flexibility index (Phi) is 10.6. The van der Waals surface area contributed by atoms with Crippen molar-refractivity contribution < 1.29 is 45.7 Å². The number of anilines is 1. The van der Waals surface area contributed by atoms with Crippen molar-refractivity contribution in [3.8, 4) is 11.5 Å². The molecular weight excluding hydrogens is 635 g/mol. The summed E-state index contributed by atoms with van der Waals surface area (Å²) in [5.41, 5.74) is 0.652. The van der Waals surface area contributed by atoms with Gasteiger partial charge in [0.1, 0.15) is 11.9 Å². The lowest BCUT2D eigenvalue weighted by molar-refractivity contribution is -0.153. The summed E-state index contributed by atoms with van der Waals surface area (Å²) < 4.78 is 72.1. The number of carbonyl (C=O) groups excluding carboxylic acids is 2. The molecule has 4 rings (SSSR count). The molecule has 1 unspecified atom stereocenters. The van der Waals surface area contributed by atoms with E-state index >= 15 is 0 Å². The van der Waals surface area contributed by atoms with Crippen LogP contribution in [0.25, 0.3) is 0 Å². The molecule has 0 bridgehead atoms. The summed E-state index contributed by atoms with van der Waals surface area (Å²) >= 11 is 12.6. The van der Waals surface area contributed by atoms with Crippen molar-refractivity contribution in [2.45, 2.75) is 32.0 Å². The van der Waals surface area contributed by atoms with Crippen LogP contribution >= 0.6 is 23.2 Å². The summed E-state index contributed by atoms with van der Waals surface area (Å²) in [6, 6.07) is 6.51. The highest BCUT2D eigenvalue weighted by atomic mass is 35.5. The molecule has 43 heavy (non-hydrogen) atoms. The average molecular weight is 660 g/mol. The van der Waals surface area contributed by atoms with Gasteiger partial charge in [0, 0.05) is 25.0 Å². The van der Waals surface area contributed by atoms with Gasteiger partial charge in [0.15, 0.2) is 18.1 Å². The number of halogens is 4. The van der Waals surface area contributed by atoms with Crippen molar-refractivity contribution in [1.82, 2.24) is 9.97 Å². The van der Waals surface area contributed by atoms with E-state index < -0.39 is 41.3 Å². The monoisotopic (exact) mass is 659 g/mol. The fraction of sp³-hybridized carbons (Fsp3) is 0.333. The Labute approximate surface area is 255 Å². The molecule has 0 spiro atoms. The summed E-state index contributed by atoms with van der Waals surface area (Å²) in [6.45, 7) is -3.62. The van der Waals surface area contributed by atoms with E-state index in [0.29, 0.717) is 23.7 Å². The molecule has 0 radical (unpaired) electrons. The van der Waals surface area contributed by atoms with Gasteiger partial charge in [0.05, 0.1) is 28.5 Å². The minimum absolute atomic E-state index is 0.0280. The molecule has 2 heterocycles. The number of hydrogen-bond donors (Lipinski definition) is 1. The molecule has 1 saturated carbocycles. The zero-order valence-corrected chi connectivity index (χ0v) is 24.8. The molecule has 0 aliphatic heterocycles. The van der Waals surface area contributed by atoms with Crippen LogP contribution in [0.2, 0.25) is 10.0 Å². The summed E-state index contributed by atoms with van der Waals surface area (Å²) in [7, 11) is -3.65. The summed E-state index contributed by atoms with van der Waals surface area (Å²) in [6.07, 6.45) is 5.59. The Morgan fingerprint density at radius 3 is 2.47 bits per heavy atom. The third-order valence-electron chi connectivity index (χ3n) is 5.95. The molecule has 230 valence electrons. The quantitative estimate of drug-likeness (QED) is 0.229. The standard InChI is InChI=1S/C27H25Cl2F2N3O8S/c1-43(37,38)34-24-9-17(6-7-33-24)26(36)40-14-25(35)41-22(10-18-19(28)11-32-12-20(18)29)16-4-5-21(42-27(30)31)23(8-16)39-13-15-2-3-15/h4-9,11-12,15,22,27H,2-3,10,13-14H2,1H3,(H,33,34). The predicted octanol–water partition coefficient (Wildman–Crippen LogP) is 5.23.